The van der Waals surface area contributed by atoms with E-state index < -0.39 is 5.97 Å². The fourth-order valence-electron chi connectivity index (χ4n) is 1.23. The van der Waals surface area contributed by atoms with Crippen molar-refractivity contribution >= 4 is 18.0 Å². The van der Waals surface area contributed by atoms with Gasteiger partial charge in [0, 0.05) is 19.3 Å². The number of carbonyl (C=O) groups excluding carboxylic acids is 1. The number of hydrogen-bond donors (Lipinski definition) is 2. The lowest BCUT2D eigenvalue weighted by molar-refractivity contribution is -0.138. The van der Waals surface area contributed by atoms with Gasteiger partial charge in [-0.3, -0.25) is 14.6 Å². The van der Waals surface area contributed by atoms with Crippen molar-refractivity contribution < 1.29 is 14.6 Å². The number of ether oxygens (including phenoxy) is 1. The predicted molar refractivity (Wildman–Crippen MR) is 66.1 cm³/mol. The lowest BCUT2D eigenvalue weighted by Crippen LogP contribution is -2.10. The Balaban J connectivity index is 2.99. The topological polar surface area (TPSA) is 96.7 Å². The Kier molecular flexibility index (Phi) is 4.47. The van der Waals surface area contributed by atoms with Crippen molar-refractivity contribution in [3.8, 4) is 0 Å². The monoisotopic (exact) mass is 253 g/mol. The normalized spacial score (nSPS) is 12.6. The number of nitrogens with zero attached hydrogens (tertiary/aromatic N) is 2. The highest BCUT2D eigenvalue weighted by atomic mass is 16.5. The quantitative estimate of drug-likeness (QED) is 0.359. The summed E-state index contributed by atoms with van der Waals surface area (Å²) in [5, 5.41) is 11.8. The van der Waals surface area contributed by atoms with Crippen molar-refractivity contribution in [2.45, 2.75) is 13.8 Å². The molecule has 7 heteroatoms. The number of allylic oxidation sites excluding steroid dienone is 1. The number of carbonyl (C=O) groups is 1. The van der Waals surface area contributed by atoms with Crippen LogP contribution < -0.4 is 5.56 Å². The van der Waals surface area contributed by atoms with E-state index in [-0.39, 0.29) is 23.5 Å². The maximum absolute atomic E-state index is 11.5. The number of nitrogens with one attached hydrogen (secondary N) is 1. The standard InChI is InChI=1S/C11H15N3O4/c1-4-18-11(17)8(7(2)15)6-12-9-5-10(16)13-14(9)3/h5-6,15H,4H2,1-3H3,(H,13,16)/b8-7+,12-6+. The summed E-state index contributed by atoms with van der Waals surface area (Å²) < 4.78 is 6.16. The fraction of sp³-hybridized carbons (Fsp3) is 0.364. The minimum Gasteiger partial charge on any atom is -0.512 e. The van der Waals surface area contributed by atoms with Crippen molar-refractivity contribution in [2.75, 3.05) is 6.61 Å². The van der Waals surface area contributed by atoms with Gasteiger partial charge in [0.2, 0.25) is 0 Å². The zero-order valence-electron chi connectivity index (χ0n) is 10.4. The molecule has 0 saturated heterocycles. The minimum atomic E-state index is -0.665. The van der Waals surface area contributed by atoms with Crippen LogP contribution in [0.5, 0.6) is 0 Å². The molecule has 0 amide bonds. The summed E-state index contributed by atoms with van der Waals surface area (Å²) in [6, 6.07) is 1.27. The van der Waals surface area contributed by atoms with E-state index in [1.165, 1.54) is 17.7 Å². The third kappa shape index (κ3) is 3.34. The Labute approximate surface area is 103 Å². The molecule has 18 heavy (non-hydrogen) atoms. The van der Waals surface area contributed by atoms with Crippen LogP contribution >= 0.6 is 0 Å². The van der Waals surface area contributed by atoms with Crippen LogP contribution in [-0.2, 0) is 16.6 Å². The molecule has 7 nitrogen and oxygen atoms in total. The number of aliphatic hydroxyl groups excluding tert-OH is 1. The van der Waals surface area contributed by atoms with Crippen LogP contribution in [0.1, 0.15) is 13.8 Å². The van der Waals surface area contributed by atoms with Gasteiger partial charge in [0.1, 0.15) is 11.3 Å². The maximum Gasteiger partial charge on any atom is 0.343 e. The molecular weight excluding hydrogens is 238 g/mol. The van der Waals surface area contributed by atoms with E-state index in [1.807, 2.05) is 0 Å². The van der Waals surface area contributed by atoms with E-state index in [9.17, 15) is 14.7 Å². The molecule has 0 saturated carbocycles. The molecule has 1 aromatic rings. The summed E-state index contributed by atoms with van der Waals surface area (Å²) in [5.74, 6) is -0.525. The second-order valence-electron chi connectivity index (χ2n) is 3.52. The molecule has 0 spiro atoms. The number of esters is 1. The molecule has 0 aliphatic carbocycles. The molecule has 1 aromatic heterocycles. The average Bonchev–Trinajstić information content (AvgIpc) is 2.57. The van der Waals surface area contributed by atoms with Crippen LogP contribution in [0.25, 0.3) is 0 Å². The highest BCUT2D eigenvalue weighted by molar-refractivity contribution is 6.10. The van der Waals surface area contributed by atoms with Crippen LogP contribution in [0.2, 0.25) is 0 Å². The van der Waals surface area contributed by atoms with E-state index in [2.05, 4.69) is 10.1 Å². The molecule has 0 aromatic carbocycles. The molecule has 1 heterocycles. The number of aliphatic imine (C=N–C) groups is 1. The van der Waals surface area contributed by atoms with Gasteiger partial charge < -0.3 is 9.84 Å². The second-order valence-corrected chi connectivity index (χ2v) is 3.52. The number of aliphatic hydroxyl groups is 1. The van der Waals surface area contributed by atoms with Crippen LogP contribution in [0, 0.1) is 0 Å². The highest BCUT2D eigenvalue weighted by Gasteiger charge is 2.12. The Morgan fingerprint density at radius 3 is 2.78 bits per heavy atom. The number of H-pyrrole nitrogens is 1. The molecule has 0 radical (unpaired) electrons. The van der Waals surface area contributed by atoms with Crippen molar-refractivity contribution in [2.24, 2.45) is 12.0 Å². The second kappa shape index (κ2) is 5.85. The summed E-state index contributed by atoms with van der Waals surface area (Å²) in [5.41, 5.74) is -0.350. The predicted octanol–water partition coefficient (Wildman–Crippen LogP) is 0.811. The van der Waals surface area contributed by atoms with Gasteiger partial charge in [-0.25, -0.2) is 9.79 Å². The van der Waals surface area contributed by atoms with Crippen LogP contribution in [-0.4, -0.2) is 33.7 Å². The number of hydrogen-bond acceptors (Lipinski definition) is 5. The largest absolute Gasteiger partial charge is 0.512 e. The smallest absolute Gasteiger partial charge is 0.343 e. The average molecular weight is 253 g/mol. The summed E-state index contributed by atoms with van der Waals surface area (Å²) >= 11 is 0. The van der Waals surface area contributed by atoms with Crippen molar-refractivity contribution in [1.29, 1.82) is 0 Å². The van der Waals surface area contributed by atoms with Crippen LogP contribution in [0.4, 0.5) is 5.82 Å². The summed E-state index contributed by atoms with van der Waals surface area (Å²) in [4.78, 5) is 26.5. The molecule has 0 fully saturated rings. The van der Waals surface area contributed by atoms with E-state index >= 15 is 0 Å². The van der Waals surface area contributed by atoms with Crippen LogP contribution in [0.3, 0.4) is 0 Å². The zero-order valence-corrected chi connectivity index (χ0v) is 10.4. The molecule has 2 N–H and O–H groups in total. The van der Waals surface area contributed by atoms with Gasteiger partial charge in [-0.2, -0.15) is 0 Å². The summed E-state index contributed by atoms with van der Waals surface area (Å²) in [7, 11) is 1.60. The molecule has 0 bridgehead atoms. The number of rotatable bonds is 4. The molecule has 0 atom stereocenters. The van der Waals surface area contributed by atoms with Gasteiger partial charge >= 0.3 is 5.97 Å². The lowest BCUT2D eigenvalue weighted by Gasteiger charge is -2.03. The summed E-state index contributed by atoms with van der Waals surface area (Å²) in [6.45, 7) is 3.22. The Bertz CT molecular complexity index is 547. The molecule has 1 rings (SSSR count). The Morgan fingerprint density at radius 1 is 1.67 bits per heavy atom. The van der Waals surface area contributed by atoms with E-state index in [0.29, 0.717) is 5.82 Å². The fourth-order valence-corrected chi connectivity index (χ4v) is 1.23. The SMILES string of the molecule is CCOC(=O)C(/C=N/c1cc(=O)[nH]n1C)=C(\C)O. The van der Waals surface area contributed by atoms with Crippen molar-refractivity contribution in [1.82, 2.24) is 9.78 Å². The third-order valence-corrected chi connectivity index (χ3v) is 2.09. The third-order valence-electron chi connectivity index (χ3n) is 2.09. The van der Waals surface area contributed by atoms with Gasteiger partial charge in [-0.1, -0.05) is 0 Å². The molecular formula is C11H15N3O4. The lowest BCUT2D eigenvalue weighted by atomic mass is 10.2. The van der Waals surface area contributed by atoms with Gasteiger partial charge in [0.15, 0.2) is 5.82 Å². The summed E-state index contributed by atoms with van der Waals surface area (Å²) in [6.07, 6.45) is 1.16. The maximum atomic E-state index is 11.5. The Hall–Kier alpha value is -2.31. The van der Waals surface area contributed by atoms with Crippen LogP contribution in [0.15, 0.2) is 27.2 Å². The molecule has 0 unspecified atom stereocenters. The van der Waals surface area contributed by atoms with E-state index in [0.717, 1.165) is 6.21 Å². The molecule has 0 aliphatic rings. The van der Waals surface area contributed by atoms with Gasteiger partial charge in [-0.15, -0.1) is 0 Å². The first-order chi connectivity index (χ1) is 8.45. The Morgan fingerprint density at radius 2 is 2.33 bits per heavy atom. The van der Waals surface area contributed by atoms with Crippen molar-refractivity contribution in [3.63, 3.8) is 0 Å². The van der Waals surface area contributed by atoms with Gasteiger partial charge in [0.05, 0.1) is 6.61 Å². The number of aromatic amines is 1. The number of aromatic nitrogens is 2. The van der Waals surface area contributed by atoms with E-state index in [4.69, 9.17) is 4.74 Å². The van der Waals surface area contributed by atoms with Gasteiger partial charge in [0.25, 0.3) is 5.56 Å². The van der Waals surface area contributed by atoms with Gasteiger partial charge in [-0.05, 0) is 13.8 Å². The minimum absolute atomic E-state index is 0.0505. The molecule has 0 aliphatic heterocycles. The first kappa shape index (κ1) is 13.8. The number of aryl methyl sites for hydroxylation is 1. The first-order valence-corrected chi connectivity index (χ1v) is 5.32. The first-order valence-electron chi connectivity index (χ1n) is 5.32. The zero-order chi connectivity index (χ0) is 13.7. The highest BCUT2D eigenvalue weighted by Crippen LogP contribution is 2.08. The van der Waals surface area contributed by atoms with Crippen molar-refractivity contribution in [3.05, 3.63) is 27.8 Å². The van der Waals surface area contributed by atoms with E-state index in [1.54, 1.807) is 14.0 Å². The molecule has 98 valence electrons.